The monoisotopic (exact) mass is 504 g/mol. The molecule has 0 fully saturated rings. The fourth-order valence-electron chi connectivity index (χ4n) is 3.08. The van der Waals surface area contributed by atoms with Crippen LogP contribution in [-0.4, -0.2) is 20.4 Å². The molecule has 1 aliphatic rings. The number of hydrogen-bond donors (Lipinski definition) is 1. The molecular weight excluding hydrogens is 491 g/mol. The molecular formula is C17H15Br2FN2O3S. The van der Waals surface area contributed by atoms with Crippen LogP contribution < -0.4 is 9.62 Å². The molecule has 26 heavy (non-hydrogen) atoms. The maximum Gasteiger partial charge on any atom is 0.263 e. The number of nitrogens with one attached hydrogen (secondary N) is 1. The number of carbonyl (C=O) groups is 1. The summed E-state index contributed by atoms with van der Waals surface area (Å²) in [5.41, 5.74) is 1.29. The van der Waals surface area contributed by atoms with Gasteiger partial charge in [0.1, 0.15) is 10.7 Å². The molecule has 1 heterocycles. The Balaban J connectivity index is 2.05. The highest BCUT2D eigenvalue weighted by molar-refractivity contribution is 9.10. The zero-order chi connectivity index (χ0) is 19.2. The average molecular weight is 506 g/mol. The largest absolute Gasteiger partial charge is 0.309 e. The van der Waals surface area contributed by atoms with E-state index in [9.17, 15) is 17.6 Å². The molecule has 1 amide bonds. The van der Waals surface area contributed by atoms with E-state index in [1.54, 1.807) is 11.0 Å². The minimum Gasteiger partial charge on any atom is -0.309 e. The molecule has 0 bridgehead atoms. The van der Waals surface area contributed by atoms with E-state index in [2.05, 4.69) is 36.6 Å². The number of benzene rings is 2. The standard InChI is InChI=1S/C17H15Br2FN2O3S/c1-9-5-11-6-13(19)17(8-16(11)22(9)10(2)23)26(24,25)21-15-4-3-12(18)7-14(15)20/h3-4,6-9,21H,5H2,1-2H3/t9-/m1/s1. The Morgan fingerprint density at radius 3 is 2.58 bits per heavy atom. The summed E-state index contributed by atoms with van der Waals surface area (Å²) in [6.07, 6.45) is 0.641. The van der Waals surface area contributed by atoms with Crippen molar-refractivity contribution >= 4 is 59.2 Å². The lowest BCUT2D eigenvalue weighted by Crippen LogP contribution is -2.33. The molecule has 2 aromatic rings. The van der Waals surface area contributed by atoms with Gasteiger partial charge < -0.3 is 4.90 Å². The summed E-state index contributed by atoms with van der Waals surface area (Å²) in [6.45, 7) is 3.34. The average Bonchev–Trinajstić information content (AvgIpc) is 2.84. The van der Waals surface area contributed by atoms with Gasteiger partial charge >= 0.3 is 0 Å². The van der Waals surface area contributed by atoms with Crippen LogP contribution in [0, 0.1) is 5.82 Å². The summed E-state index contributed by atoms with van der Waals surface area (Å²) in [5.74, 6) is -0.854. The van der Waals surface area contributed by atoms with Gasteiger partial charge in [-0.15, -0.1) is 0 Å². The van der Waals surface area contributed by atoms with Crippen LogP contribution in [0.1, 0.15) is 19.4 Å². The smallest absolute Gasteiger partial charge is 0.263 e. The van der Waals surface area contributed by atoms with Gasteiger partial charge in [-0.05, 0) is 65.2 Å². The van der Waals surface area contributed by atoms with Gasteiger partial charge in [0.2, 0.25) is 5.91 Å². The van der Waals surface area contributed by atoms with Crippen molar-refractivity contribution in [3.63, 3.8) is 0 Å². The third-order valence-corrected chi connectivity index (χ3v) is 6.97. The van der Waals surface area contributed by atoms with Gasteiger partial charge in [-0.25, -0.2) is 12.8 Å². The van der Waals surface area contributed by atoms with Crippen molar-refractivity contribution in [3.8, 4) is 0 Å². The van der Waals surface area contributed by atoms with Gasteiger partial charge in [-0.1, -0.05) is 15.9 Å². The number of amides is 1. The molecule has 1 atom stereocenters. The SMILES string of the molecule is CC(=O)N1c2cc(S(=O)(=O)Nc3ccc(Br)cc3F)c(Br)cc2C[C@H]1C. The lowest BCUT2D eigenvalue weighted by Gasteiger charge is -2.21. The van der Waals surface area contributed by atoms with E-state index >= 15 is 0 Å². The Bertz CT molecular complexity index is 1010. The van der Waals surface area contributed by atoms with Gasteiger partial charge in [0.15, 0.2) is 0 Å². The Morgan fingerprint density at radius 1 is 1.27 bits per heavy atom. The van der Waals surface area contributed by atoms with Gasteiger partial charge in [-0.2, -0.15) is 0 Å². The highest BCUT2D eigenvalue weighted by Crippen LogP contribution is 2.38. The summed E-state index contributed by atoms with van der Waals surface area (Å²) in [6, 6.07) is 7.14. The maximum atomic E-state index is 14.0. The maximum absolute atomic E-state index is 14.0. The molecule has 0 radical (unpaired) electrons. The second kappa shape index (κ2) is 6.94. The highest BCUT2D eigenvalue weighted by Gasteiger charge is 2.32. The molecule has 1 aliphatic heterocycles. The number of anilines is 2. The summed E-state index contributed by atoms with van der Waals surface area (Å²) in [7, 11) is -4.06. The first-order valence-electron chi connectivity index (χ1n) is 7.70. The van der Waals surface area contributed by atoms with Crippen molar-refractivity contribution in [1.29, 1.82) is 0 Å². The minimum absolute atomic E-state index is 0.0516. The van der Waals surface area contributed by atoms with Crippen molar-refractivity contribution < 1.29 is 17.6 Å². The fraction of sp³-hybridized carbons (Fsp3) is 0.235. The lowest BCUT2D eigenvalue weighted by atomic mass is 10.1. The van der Waals surface area contributed by atoms with E-state index in [1.165, 1.54) is 31.2 Å². The highest BCUT2D eigenvalue weighted by atomic mass is 79.9. The van der Waals surface area contributed by atoms with Gasteiger partial charge in [0.05, 0.1) is 5.69 Å². The molecule has 0 aliphatic carbocycles. The summed E-state index contributed by atoms with van der Waals surface area (Å²) in [5, 5.41) is 0. The van der Waals surface area contributed by atoms with E-state index in [-0.39, 0.29) is 22.5 Å². The Morgan fingerprint density at radius 2 is 1.96 bits per heavy atom. The molecule has 1 N–H and O–H groups in total. The number of halogens is 3. The molecule has 0 saturated carbocycles. The molecule has 0 unspecified atom stereocenters. The fourth-order valence-corrected chi connectivity index (χ4v) is 5.59. The van der Waals surface area contributed by atoms with Crippen LogP contribution >= 0.6 is 31.9 Å². The van der Waals surface area contributed by atoms with E-state index in [4.69, 9.17) is 0 Å². The van der Waals surface area contributed by atoms with Crippen molar-refractivity contribution in [3.05, 3.63) is 50.7 Å². The number of fused-ring (bicyclic) bond motifs is 1. The second-order valence-electron chi connectivity index (χ2n) is 6.08. The molecule has 0 saturated heterocycles. The van der Waals surface area contributed by atoms with E-state index in [0.717, 1.165) is 5.56 Å². The summed E-state index contributed by atoms with van der Waals surface area (Å²) < 4.78 is 42.7. The Labute approximate surface area is 167 Å². The molecule has 0 spiro atoms. The quantitative estimate of drug-likeness (QED) is 0.670. The Hall–Kier alpha value is -1.45. The molecule has 3 rings (SSSR count). The number of hydrogen-bond acceptors (Lipinski definition) is 3. The van der Waals surface area contributed by atoms with Gasteiger partial charge in [0, 0.05) is 27.6 Å². The van der Waals surface area contributed by atoms with Crippen LogP contribution in [0.15, 0.2) is 44.2 Å². The number of nitrogens with zero attached hydrogens (tertiary/aromatic N) is 1. The molecule has 5 nitrogen and oxygen atoms in total. The first kappa shape index (κ1) is 19.3. The molecule has 0 aromatic heterocycles. The number of carbonyl (C=O) groups excluding carboxylic acids is 1. The van der Waals surface area contributed by atoms with Crippen LogP contribution in [-0.2, 0) is 21.2 Å². The summed E-state index contributed by atoms with van der Waals surface area (Å²) in [4.78, 5) is 13.4. The predicted octanol–water partition coefficient (Wildman–Crippen LogP) is 4.45. The van der Waals surface area contributed by atoms with E-state index in [0.29, 0.717) is 21.1 Å². The molecule has 2 aromatic carbocycles. The Kier molecular flexibility index (Phi) is 5.15. The van der Waals surface area contributed by atoms with Crippen molar-refractivity contribution in [2.24, 2.45) is 0 Å². The third kappa shape index (κ3) is 3.52. The normalized spacial score (nSPS) is 16.5. The van der Waals surface area contributed by atoms with Crippen LogP contribution in [0.5, 0.6) is 0 Å². The van der Waals surface area contributed by atoms with Crippen molar-refractivity contribution in [2.75, 3.05) is 9.62 Å². The van der Waals surface area contributed by atoms with Crippen LogP contribution in [0.4, 0.5) is 15.8 Å². The molecule has 138 valence electrons. The topological polar surface area (TPSA) is 66.5 Å². The van der Waals surface area contributed by atoms with Crippen molar-refractivity contribution in [2.45, 2.75) is 31.2 Å². The first-order chi connectivity index (χ1) is 12.1. The predicted molar refractivity (Wildman–Crippen MR) is 105 cm³/mol. The first-order valence-corrected chi connectivity index (χ1v) is 10.8. The number of sulfonamides is 1. The van der Waals surface area contributed by atoms with Crippen LogP contribution in [0.25, 0.3) is 0 Å². The minimum atomic E-state index is -4.06. The number of rotatable bonds is 3. The van der Waals surface area contributed by atoms with Crippen LogP contribution in [0.3, 0.4) is 0 Å². The van der Waals surface area contributed by atoms with Crippen molar-refractivity contribution in [1.82, 2.24) is 0 Å². The zero-order valence-corrected chi connectivity index (χ0v) is 17.9. The van der Waals surface area contributed by atoms with E-state index in [1.807, 2.05) is 6.92 Å². The molecule has 9 heteroatoms. The van der Waals surface area contributed by atoms with Crippen LogP contribution in [0.2, 0.25) is 0 Å². The van der Waals surface area contributed by atoms with Gasteiger partial charge in [-0.3, -0.25) is 9.52 Å². The van der Waals surface area contributed by atoms with Gasteiger partial charge in [0.25, 0.3) is 10.0 Å². The summed E-state index contributed by atoms with van der Waals surface area (Å²) >= 11 is 6.41. The third-order valence-electron chi connectivity index (χ3n) is 4.15. The van der Waals surface area contributed by atoms with E-state index < -0.39 is 15.8 Å². The zero-order valence-electron chi connectivity index (χ0n) is 13.9. The second-order valence-corrected chi connectivity index (χ2v) is 9.50. The lowest BCUT2D eigenvalue weighted by molar-refractivity contribution is -0.116.